The highest BCUT2D eigenvalue weighted by Gasteiger charge is 2.13. The lowest BCUT2D eigenvalue weighted by molar-refractivity contribution is -0.137. The van der Waals surface area contributed by atoms with Crippen LogP contribution in [0.15, 0.2) is 16.8 Å². The lowest BCUT2D eigenvalue weighted by atomic mass is 10.3. The van der Waals surface area contributed by atoms with Gasteiger partial charge in [-0.15, -0.1) is 0 Å². The third-order valence-electron chi connectivity index (χ3n) is 1.38. The average molecular weight is 206 g/mol. The van der Waals surface area contributed by atoms with E-state index in [0.717, 1.165) is 7.11 Å². The normalized spacial score (nSPS) is 13.0. The lowest BCUT2D eigenvalue weighted by Crippen LogP contribution is -2.26. The zero-order valence-corrected chi connectivity index (χ0v) is 8.17. The van der Waals surface area contributed by atoms with Gasteiger partial charge >= 0.3 is 12.5 Å². The van der Waals surface area contributed by atoms with E-state index in [2.05, 4.69) is 9.73 Å². The van der Waals surface area contributed by atoms with Crippen molar-refractivity contribution < 1.29 is 18.3 Å². The Morgan fingerprint density at radius 1 is 1.57 bits per heavy atom. The van der Waals surface area contributed by atoms with Gasteiger partial charge in [0, 0.05) is 12.8 Å². The molecule has 0 radical (unpaired) electrons. The number of nitrogens with zero attached hydrogens (tertiary/aromatic N) is 1. The average Bonchev–Trinajstić information content (AvgIpc) is 2.14. The molecule has 80 valence electrons. The number of allylic oxidation sites excluding steroid dienone is 1. The second kappa shape index (κ2) is 6.06. The Labute approximate surface area is 80.7 Å². The van der Waals surface area contributed by atoms with Crippen LogP contribution in [0.3, 0.4) is 0 Å². The predicted molar refractivity (Wildman–Crippen MR) is 48.3 cm³/mol. The Morgan fingerprint density at radius 2 is 2.14 bits per heavy atom. The van der Waals surface area contributed by atoms with Gasteiger partial charge in [0.2, 0.25) is 0 Å². The van der Waals surface area contributed by atoms with E-state index in [4.69, 9.17) is 0 Å². The van der Waals surface area contributed by atoms with Gasteiger partial charge in [0.25, 0.3) is 0 Å². The van der Waals surface area contributed by atoms with Crippen molar-refractivity contribution in [3.8, 4) is 0 Å². The van der Waals surface area contributed by atoms with Crippen molar-refractivity contribution in [3.05, 3.63) is 11.8 Å². The van der Waals surface area contributed by atoms with E-state index in [9.17, 15) is 13.6 Å². The van der Waals surface area contributed by atoms with E-state index in [1.165, 1.54) is 13.1 Å². The van der Waals surface area contributed by atoms with Crippen molar-refractivity contribution in [3.63, 3.8) is 0 Å². The largest absolute Gasteiger partial charge is 0.464 e. The van der Waals surface area contributed by atoms with Crippen LogP contribution in [-0.4, -0.2) is 32.4 Å². The molecule has 0 aliphatic rings. The maximum atomic E-state index is 11.9. The summed E-state index contributed by atoms with van der Waals surface area (Å²) in [5, 5.41) is 1.67. The molecule has 0 aromatic rings. The first kappa shape index (κ1) is 12.5. The fourth-order valence-corrected chi connectivity index (χ4v) is 0.660. The first-order chi connectivity index (χ1) is 6.51. The van der Waals surface area contributed by atoms with Crippen LogP contribution < -0.4 is 5.32 Å². The van der Waals surface area contributed by atoms with E-state index in [1.54, 1.807) is 12.2 Å². The fraction of sp³-hybridized carbons (Fsp3) is 0.500. The fourth-order valence-electron chi connectivity index (χ4n) is 0.660. The molecule has 0 amide bonds. The molecular weight excluding hydrogens is 194 g/mol. The van der Waals surface area contributed by atoms with E-state index in [0.29, 0.717) is 5.71 Å². The quantitative estimate of drug-likeness (QED) is 0.322. The summed E-state index contributed by atoms with van der Waals surface area (Å²) in [5.74, 6) is -0.853. The van der Waals surface area contributed by atoms with Gasteiger partial charge in [-0.3, -0.25) is 4.99 Å². The number of hydrogen-bond acceptors (Lipinski definition) is 4. The van der Waals surface area contributed by atoms with Gasteiger partial charge in [-0.25, -0.2) is 4.79 Å². The van der Waals surface area contributed by atoms with Crippen molar-refractivity contribution in [2.75, 3.05) is 14.2 Å². The highest BCUT2D eigenvalue weighted by molar-refractivity contribution is 6.00. The predicted octanol–water partition coefficient (Wildman–Crippen LogP) is 0.946. The Kier molecular flexibility index (Phi) is 5.43. The number of methoxy groups -OCH3 is 1. The molecule has 4 nitrogen and oxygen atoms in total. The smallest absolute Gasteiger partial charge is 0.354 e. The molecule has 0 bridgehead atoms. The molecule has 0 fully saturated rings. The minimum Gasteiger partial charge on any atom is -0.464 e. The molecule has 0 heterocycles. The summed E-state index contributed by atoms with van der Waals surface area (Å²) in [6.45, 7) is -1.24. The summed E-state index contributed by atoms with van der Waals surface area (Å²) < 4.78 is 28.2. The number of ether oxygens (including phenoxy) is 1. The van der Waals surface area contributed by atoms with Gasteiger partial charge in [0.05, 0.1) is 7.11 Å². The summed E-state index contributed by atoms with van der Waals surface area (Å²) in [4.78, 5) is 14.7. The standard InChI is InChI=1S/C8H12F2N2O2/c1-5(11-2)4-6(7(13)14-3)12-8(9)10/h4,8,12H,1-3H3/b6-4-,11-5-. The first-order valence-electron chi connectivity index (χ1n) is 3.79. The van der Waals surface area contributed by atoms with E-state index in [1.807, 2.05) is 0 Å². The van der Waals surface area contributed by atoms with Gasteiger partial charge in [-0.1, -0.05) is 0 Å². The molecule has 0 saturated heterocycles. The SMILES string of the molecule is C/N=C(C)\C=C(/NC(F)F)C(=O)OC. The monoisotopic (exact) mass is 206 g/mol. The topological polar surface area (TPSA) is 50.7 Å². The van der Waals surface area contributed by atoms with Crippen molar-refractivity contribution in [2.45, 2.75) is 13.5 Å². The number of carbonyl (C=O) groups is 1. The molecule has 0 saturated carbocycles. The second-order valence-corrected chi connectivity index (χ2v) is 2.36. The van der Waals surface area contributed by atoms with Crippen LogP contribution in [0, 0.1) is 0 Å². The van der Waals surface area contributed by atoms with Crippen LogP contribution in [0.4, 0.5) is 8.78 Å². The summed E-state index contributed by atoms with van der Waals surface area (Å²) in [6.07, 6.45) is 1.19. The molecule has 6 heteroatoms. The van der Waals surface area contributed by atoms with Crippen LogP contribution in [0.1, 0.15) is 6.92 Å². The van der Waals surface area contributed by atoms with Gasteiger partial charge in [0.15, 0.2) is 0 Å². The van der Waals surface area contributed by atoms with E-state index in [-0.39, 0.29) is 5.70 Å². The van der Waals surface area contributed by atoms with Crippen molar-refractivity contribution in [2.24, 2.45) is 4.99 Å². The second-order valence-electron chi connectivity index (χ2n) is 2.36. The van der Waals surface area contributed by atoms with Crippen LogP contribution in [0.2, 0.25) is 0 Å². The zero-order valence-electron chi connectivity index (χ0n) is 8.17. The molecule has 0 aromatic heterocycles. The Morgan fingerprint density at radius 3 is 2.50 bits per heavy atom. The molecule has 0 unspecified atom stereocenters. The maximum Gasteiger partial charge on any atom is 0.354 e. The lowest BCUT2D eigenvalue weighted by Gasteiger charge is -2.07. The molecule has 0 rings (SSSR count). The summed E-state index contributed by atoms with van der Waals surface area (Å²) in [6, 6.07) is 0. The first-order valence-corrected chi connectivity index (χ1v) is 3.79. The number of nitrogens with one attached hydrogen (secondary N) is 1. The van der Waals surface area contributed by atoms with Gasteiger partial charge in [-0.2, -0.15) is 8.78 Å². The zero-order chi connectivity index (χ0) is 11.1. The van der Waals surface area contributed by atoms with Crippen LogP contribution >= 0.6 is 0 Å². The Hall–Kier alpha value is -1.46. The van der Waals surface area contributed by atoms with E-state index >= 15 is 0 Å². The number of carbonyl (C=O) groups excluding carboxylic acids is 1. The number of esters is 1. The number of halogens is 2. The van der Waals surface area contributed by atoms with Gasteiger partial charge in [0.1, 0.15) is 5.70 Å². The van der Waals surface area contributed by atoms with Gasteiger partial charge < -0.3 is 10.1 Å². The molecule has 0 aliphatic heterocycles. The molecule has 0 atom stereocenters. The number of hydrogen-bond donors (Lipinski definition) is 1. The Balaban J connectivity index is 4.72. The molecular formula is C8H12F2N2O2. The van der Waals surface area contributed by atoms with Crippen molar-refractivity contribution in [1.29, 1.82) is 0 Å². The molecule has 0 aliphatic carbocycles. The minimum absolute atomic E-state index is 0.314. The van der Waals surface area contributed by atoms with Gasteiger partial charge in [-0.05, 0) is 13.0 Å². The van der Waals surface area contributed by atoms with E-state index < -0.39 is 12.5 Å². The maximum absolute atomic E-state index is 11.9. The third-order valence-corrected chi connectivity index (χ3v) is 1.38. The Bertz CT molecular complexity index is 262. The number of aliphatic imine (C=N–C) groups is 1. The van der Waals surface area contributed by atoms with Crippen molar-refractivity contribution in [1.82, 2.24) is 5.32 Å². The highest BCUT2D eigenvalue weighted by atomic mass is 19.3. The summed E-state index contributed by atoms with van der Waals surface area (Å²) in [5.41, 5.74) is 0.129. The molecule has 0 aromatic carbocycles. The molecule has 14 heavy (non-hydrogen) atoms. The summed E-state index contributed by atoms with van der Waals surface area (Å²) in [7, 11) is 2.60. The highest BCUT2D eigenvalue weighted by Crippen LogP contribution is 1.98. The van der Waals surface area contributed by atoms with Crippen LogP contribution in [-0.2, 0) is 9.53 Å². The van der Waals surface area contributed by atoms with Crippen molar-refractivity contribution >= 4 is 11.7 Å². The molecule has 0 spiro atoms. The number of rotatable bonds is 4. The number of alkyl halides is 2. The minimum atomic E-state index is -2.81. The summed E-state index contributed by atoms with van der Waals surface area (Å²) >= 11 is 0. The van der Waals surface area contributed by atoms with Crippen LogP contribution in [0.5, 0.6) is 0 Å². The van der Waals surface area contributed by atoms with Crippen LogP contribution in [0.25, 0.3) is 0 Å². The third kappa shape index (κ3) is 4.54. The molecule has 1 N–H and O–H groups in total.